The molecule has 2 aromatic carbocycles. The molecule has 6 heteroatoms. The fourth-order valence-corrected chi connectivity index (χ4v) is 4.62. The van der Waals surface area contributed by atoms with Gasteiger partial charge in [-0.3, -0.25) is 4.79 Å². The zero-order valence-electron chi connectivity index (χ0n) is 16.8. The third-order valence-electron chi connectivity index (χ3n) is 5.28. The molecule has 1 saturated heterocycles. The number of nitrogens with zero attached hydrogens (tertiary/aromatic N) is 4. The van der Waals surface area contributed by atoms with E-state index in [0.29, 0.717) is 0 Å². The minimum atomic E-state index is 0.151. The summed E-state index contributed by atoms with van der Waals surface area (Å²) in [6.45, 7) is 4.74. The molecule has 0 radical (unpaired) electrons. The summed E-state index contributed by atoms with van der Waals surface area (Å²) < 4.78 is 2.18. The van der Waals surface area contributed by atoms with E-state index in [4.69, 9.17) is 0 Å². The Labute approximate surface area is 176 Å². The Kier molecular flexibility index (Phi) is 6.30. The summed E-state index contributed by atoms with van der Waals surface area (Å²) in [5.41, 5.74) is 3.20. The quantitative estimate of drug-likeness (QED) is 0.545. The number of hydrogen-bond acceptors (Lipinski definition) is 4. The Bertz CT molecular complexity index is 947. The first-order valence-electron chi connectivity index (χ1n) is 10.2. The Hall–Kier alpha value is -2.60. The van der Waals surface area contributed by atoms with E-state index >= 15 is 0 Å². The van der Waals surface area contributed by atoms with Crippen LogP contribution < -0.4 is 0 Å². The monoisotopic (exact) mass is 406 g/mol. The van der Waals surface area contributed by atoms with Crippen molar-refractivity contribution in [2.45, 2.75) is 43.6 Å². The highest BCUT2D eigenvalue weighted by molar-refractivity contribution is 7.98. The molecule has 0 bridgehead atoms. The molecule has 0 unspecified atom stereocenters. The predicted molar refractivity (Wildman–Crippen MR) is 116 cm³/mol. The molecule has 0 aliphatic carbocycles. The van der Waals surface area contributed by atoms with E-state index in [0.717, 1.165) is 61.2 Å². The van der Waals surface area contributed by atoms with Crippen LogP contribution >= 0.6 is 11.8 Å². The summed E-state index contributed by atoms with van der Waals surface area (Å²) in [5, 5.41) is 9.77. The molecular formula is C23H26N4OS. The summed E-state index contributed by atoms with van der Waals surface area (Å²) in [7, 11) is 0. The van der Waals surface area contributed by atoms with Gasteiger partial charge in [-0.25, -0.2) is 0 Å². The first-order valence-corrected chi connectivity index (χ1v) is 11.2. The molecule has 1 aromatic heterocycles. The first kappa shape index (κ1) is 19.7. The van der Waals surface area contributed by atoms with Gasteiger partial charge in [-0.1, -0.05) is 54.2 Å². The highest BCUT2D eigenvalue weighted by Crippen LogP contribution is 2.23. The van der Waals surface area contributed by atoms with E-state index in [2.05, 4.69) is 46.0 Å². The third kappa shape index (κ3) is 4.70. The van der Waals surface area contributed by atoms with Gasteiger partial charge in [0.15, 0.2) is 5.16 Å². The zero-order valence-corrected chi connectivity index (χ0v) is 17.6. The second kappa shape index (κ2) is 9.27. The molecule has 0 spiro atoms. The number of amides is 1. The van der Waals surface area contributed by atoms with Crippen molar-refractivity contribution in [3.05, 3.63) is 77.1 Å². The Balaban J connectivity index is 1.39. The lowest BCUT2D eigenvalue weighted by molar-refractivity contribution is 0.0793. The van der Waals surface area contributed by atoms with Crippen LogP contribution in [0.1, 0.15) is 47.1 Å². The molecule has 150 valence electrons. The topological polar surface area (TPSA) is 51.0 Å². The van der Waals surface area contributed by atoms with E-state index in [1.54, 1.807) is 11.8 Å². The van der Waals surface area contributed by atoms with E-state index < -0.39 is 0 Å². The van der Waals surface area contributed by atoms with Crippen molar-refractivity contribution in [2.24, 2.45) is 0 Å². The van der Waals surface area contributed by atoms with Crippen LogP contribution in [0.4, 0.5) is 0 Å². The van der Waals surface area contributed by atoms with Crippen LogP contribution in [0.2, 0.25) is 0 Å². The fourth-order valence-electron chi connectivity index (χ4n) is 3.65. The molecule has 1 amide bonds. The Morgan fingerprint density at radius 3 is 2.38 bits per heavy atom. The lowest BCUT2D eigenvalue weighted by atomic mass is 10.1. The molecule has 4 rings (SSSR count). The Morgan fingerprint density at radius 1 is 0.966 bits per heavy atom. The van der Waals surface area contributed by atoms with Gasteiger partial charge in [0.25, 0.3) is 5.91 Å². The van der Waals surface area contributed by atoms with Gasteiger partial charge in [0.1, 0.15) is 5.82 Å². The number of aromatic nitrogens is 3. The van der Waals surface area contributed by atoms with E-state index in [9.17, 15) is 4.79 Å². The van der Waals surface area contributed by atoms with Gasteiger partial charge in [-0.05, 0) is 43.0 Å². The molecule has 2 heterocycles. The van der Waals surface area contributed by atoms with Gasteiger partial charge in [0, 0.05) is 37.4 Å². The average molecular weight is 407 g/mol. The number of carbonyl (C=O) groups excluding carboxylic acids is 1. The summed E-state index contributed by atoms with van der Waals surface area (Å²) in [5.74, 6) is 1.95. The van der Waals surface area contributed by atoms with Crippen LogP contribution in [-0.4, -0.2) is 38.7 Å². The van der Waals surface area contributed by atoms with Gasteiger partial charge in [-0.2, -0.15) is 0 Å². The van der Waals surface area contributed by atoms with Crippen molar-refractivity contribution in [3.63, 3.8) is 0 Å². The SMILES string of the molecule is CCn1c(Cc2ccccc2)nnc1SCc1ccc(C(=O)N2CCCC2)cc1. The van der Waals surface area contributed by atoms with Crippen LogP contribution in [0.5, 0.6) is 0 Å². The van der Waals surface area contributed by atoms with Crippen LogP contribution in [0.3, 0.4) is 0 Å². The zero-order chi connectivity index (χ0) is 20.1. The standard InChI is InChI=1S/C23H26N4OS/c1-2-27-21(16-18-8-4-3-5-9-18)24-25-23(27)29-17-19-10-12-20(13-11-19)22(28)26-14-6-7-15-26/h3-5,8-13H,2,6-7,14-17H2,1H3. The summed E-state index contributed by atoms with van der Waals surface area (Å²) in [6.07, 6.45) is 3.02. The van der Waals surface area contributed by atoms with Crippen molar-refractivity contribution < 1.29 is 4.79 Å². The summed E-state index contributed by atoms with van der Waals surface area (Å²) in [6, 6.07) is 18.4. The van der Waals surface area contributed by atoms with Crippen LogP contribution in [0, 0.1) is 0 Å². The molecule has 3 aromatic rings. The molecule has 1 fully saturated rings. The lowest BCUT2D eigenvalue weighted by Crippen LogP contribution is -2.27. The minimum Gasteiger partial charge on any atom is -0.339 e. The highest BCUT2D eigenvalue weighted by atomic mass is 32.2. The van der Waals surface area contributed by atoms with Crippen LogP contribution in [0.25, 0.3) is 0 Å². The van der Waals surface area contributed by atoms with Crippen molar-refractivity contribution in [2.75, 3.05) is 13.1 Å². The van der Waals surface area contributed by atoms with E-state index in [1.807, 2.05) is 35.2 Å². The number of carbonyl (C=O) groups is 1. The van der Waals surface area contributed by atoms with Crippen molar-refractivity contribution >= 4 is 17.7 Å². The van der Waals surface area contributed by atoms with Gasteiger partial charge in [0.2, 0.25) is 0 Å². The average Bonchev–Trinajstić information content (AvgIpc) is 3.43. The Morgan fingerprint density at radius 2 is 1.69 bits per heavy atom. The van der Waals surface area contributed by atoms with Crippen molar-refractivity contribution in [3.8, 4) is 0 Å². The molecule has 1 aliphatic rings. The van der Waals surface area contributed by atoms with Crippen LogP contribution in [0.15, 0.2) is 59.8 Å². The molecule has 0 saturated carbocycles. The lowest BCUT2D eigenvalue weighted by Gasteiger charge is -2.15. The number of benzene rings is 2. The second-order valence-electron chi connectivity index (χ2n) is 7.29. The maximum absolute atomic E-state index is 12.5. The van der Waals surface area contributed by atoms with Gasteiger partial charge in [0.05, 0.1) is 0 Å². The van der Waals surface area contributed by atoms with Crippen LogP contribution in [-0.2, 0) is 18.7 Å². The maximum atomic E-state index is 12.5. The third-order valence-corrected chi connectivity index (χ3v) is 6.31. The highest BCUT2D eigenvalue weighted by Gasteiger charge is 2.19. The molecular weight excluding hydrogens is 380 g/mol. The molecule has 5 nitrogen and oxygen atoms in total. The largest absolute Gasteiger partial charge is 0.339 e. The van der Waals surface area contributed by atoms with Crippen molar-refractivity contribution in [1.82, 2.24) is 19.7 Å². The maximum Gasteiger partial charge on any atom is 0.253 e. The van der Waals surface area contributed by atoms with E-state index in [-0.39, 0.29) is 5.91 Å². The minimum absolute atomic E-state index is 0.151. The van der Waals surface area contributed by atoms with E-state index in [1.165, 1.54) is 11.1 Å². The fraction of sp³-hybridized carbons (Fsp3) is 0.348. The van der Waals surface area contributed by atoms with Crippen molar-refractivity contribution in [1.29, 1.82) is 0 Å². The smallest absolute Gasteiger partial charge is 0.253 e. The van der Waals surface area contributed by atoms with Gasteiger partial charge < -0.3 is 9.47 Å². The number of rotatable bonds is 7. The van der Waals surface area contributed by atoms with Gasteiger partial charge in [-0.15, -0.1) is 10.2 Å². The number of hydrogen-bond donors (Lipinski definition) is 0. The second-order valence-corrected chi connectivity index (χ2v) is 8.23. The first-order chi connectivity index (χ1) is 14.2. The molecule has 0 atom stereocenters. The molecule has 29 heavy (non-hydrogen) atoms. The van der Waals surface area contributed by atoms with Gasteiger partial charge >= 0.3 is 0 Å². The number of thioether (sulfide) groups is 1. The molecule has 1 aliphatic heterocycles. The summed E-state index contributed by atoms with van der Waals surface area (Å²) >= 11 is 1.69. The number of likely N-dealkylation sites (tertiary alicyclic amines) is 1. The molecule has 0 N–H and O–H groups in total. The summed E-state index contributed by atoms with van der Waals surface area (Å²) in [4.78, 5) is 14.4. The predicted octanol–water partition coefficient (Wildman–Crippen LogP) is 4.42. The normalized spacial score (nSPS) is 13.8.